The zero-order valence-electron chi connectivity index (χ0n) is 22.2. The summed E-state index contributed by atoms with van der Waals surface area (Å²) in [5.74, 6) is -0.480. The molecule has 4 nitrogen and oxygen atoms in total. The normalized spacial score (nSPS) is 15.6. The third-order valence-corrected chi connectivity index (χ3v) is 7.03. The number of rotatable bonds is 9. The van der Waals surface area contributed by atoms with E-state index in [0.717, 1.165) is 69.5 Å². The average Bonchev–Trinajstić information content (AvgIpc) is 3.26. The third-order valence-electron chi connectivity index (χ3n) is 7.03. The summed E-state index contributed by atoms with van der Waals surface area (Å²) >= 11 is 0. The number of piperazine rings is 1. The molecule has 1 aliphatic heterocycles. The van der Waals surface area contributed by atoms with Gasteiger partial charge in [0.15, 0.2) is 0 Å². The van der Waals surface area contributed by atoms with E-state index in [2.05, 4.69) is 48.2 Å². The standard InChI is InChI=1S/C30H40F2N4/c1-5-7-27-22-28(36(33-27)30(2,3)4)8-6-17-34-18-20-35(21-19-34)29(23-9-13-25(31)14-10-23)24-11-15-26(32)16-12-24/h9-16,22,29H,5-8,17-21H2,1-4H3. The van der Waals surface area contributed by atoms with E-state index in [9.17, 15) is 8.78 Å². The van der Waals surface area contributed by atoms with Crippen LogP contribution in [0.15, 0.2) is 54.6 Å². The van der Waals surface area contributed by atoms with Crippen LogP contribution in [-0.4, -0.2) is 52.3 Å². The molecule has 0 amide bonds. The summed E-state index contributed by atoms with van der Waals surface area (Å²) in [6.07, 6.45) is 4.28. The minimum Gasteiger partial charge on any atom is -0.301 e. The molecule has 1 aromatic heterocycles. The molecule has 0 saturated carbocycles. The highest BCUT2D eigenvalue weighted by atomic mass is 19.1. The molecule has 2 aromatic carbocycles. The van der Waals surface area contributed by atoms with Gasteiger partial charge in [-0.15, -0.1) is 0 Å². The number of nitrogens with zero attached hydrogens (tertiary/aromatic N) is 4. The second-order valence-electron chi connectivity index (χ2n) is 10.9. The van der Waals surface area contributed by atoms with Gasteiger partial charge in [-0.1, -0.05) is 37.6 Å². The van der Waals surface area contributed by atoms with E-state index in [1.807, 2.05) is 24.3 Å². The molecule has 0 aliphatic carbocycles. The fraction of sp³-hybridized carbons (Fsp3) is 0.500. The van der Waals surface area contributed by atoms with E-state index in [0.29, 0.717) is 0 Å². The summed E-state index contributed by atoms with van der Waals surface area (Å²) in [5, 5.41) is 4.88. The molecule has 0 unspecified atom stereocenters. The summed E-state index contributed by atoms with van der Waals surface area (Å²) in [4.78, 5) is 4.97. The van der Waals surface area contributed by atoms with E-state index in [-0.39, 0.29) is 23.2 Å². The maximum atomic E-state index is 13.6. The van der Waals surface area contributed by atoms with Gasteiger partial charge in [0, 0.05) is 31.9 Å². The Balaban J connectivity index is 1.37. The number of aromatic nitrogens is 2. The first-order valence-corrected chi connectivity index (χ1v) is 13.3. The van der Waals surface area contributed by atoms with E-state index in [4.69, 9.17) is 5.10 Å². The van der Waals surface area contributed by atoms with Crippen LogP contribution in [0.4, 0.5) is 8.78 Å². The molecule has 3 aromatic rings. The minimum absolute atomic E-state index is 0.00789. The average molecular weight is 495 g/mol. The SMILES string of the molecule is CCCc1cc(CCCN2CCN(C(c3ccc(F)cc3)c3ccc(F)cc3)CC2)n(C(C)(C)C)n1. The van der Waals surface area contributed by atoms with Crippen molar-refractivity contribution in [2.45, 2.75) is 65.0 Å². The summed E-state index contributed by atoms with van der Waals surface area (Å²) < 4.78 is 29.4. The predicted molar refractivity (Wildman–Crippen MR) is 142 cm³/mol. The van der Waals surface area contributed by atoms with Gasteiger partial charge in [0.05, 0.1) is 17.3 Å². The maximum Gasteiger partial charge on any atom is 0.123 e. The number of halogens is 2. The van der Waals surface area contributed by atoms with Gasteiger partial charge in [0.25, 0.3) is 0 Å². The zero-order chi connectivity index (χ0) is 25.7. The molecular weight excluding hydrogens is 454 g/mol. The van der Waals surface area contributed by atoms with Crippen molar-refractivity contribution in [1.82, 2.24) is 19.6 Å². The van der Waals surface area contributed by atoms with Crippen LogP contribution in [0, 0.1) is 11.6 Å². The number of hydrogen-bond acceptors (Lipinski definition) is 3. The molecule has 0 N–H and O–H groups in total. The summed E-state index contributed by atoms with van der Waals surface area (Å²) in [6.45, 7) is 13.7. The Bertz CT molecular complexity index is 1050. The second kappa shape index (κ2) is 11.7. The van der Waals surface area contributed by atoms with E-state index >= 15 is 0 Å². The molecule has 1 aliphatic rings. The lowest BCUT2D eigenvalue weighted by Gasteiger charge is -2.40. The van der Waals surface area contributed by atoms with Gasteiger partial charge in [-0.2, -0.15) is 5.10 Å². The molecule has 1 fully saturated rings. The molecule has 194 valence electrons. The molecule has 6 heteroatoms. The number of aryl methyl sites for hydroxylation is 2. The van der Waals surface area contributed by atoms with Crippen molar-refractivity contribution in [2.24, 2.45) is 0 Å². The lowest BCUT2D eigenvalue weighted by molar-refractivity contribution is 0.108. The quantitative estimate of drug-likeness (QED) is 0.354. The molecule has 2 heterocycles. The molecule has 0 radical (unpaired) electrons. The Kier molecular flexibility index (Phi) is 8.58. The molecule has 0 atom stereocenters. The lowest BCUT2D eigenvalue weighted by Crippen LogP contribution is -2.48. The van der Waals surface area contributed by atoms with Gasteiger partial charge in [-0.25, -0.2) is 8.78 Å². The Hall–Kier alpha value is -2.57. The van der Waals surface area contributed by atoms with Crippen molar-refractivity contribution < 1.29 is 8.78 Å². The molecule has 1 saturated heterocycles. The van der Waals surface area contributed by atoms with Crippen molar-refractivity contribution in [2.75, 3.05) is 32.7 Å². The first kappa shape index (κ1) is 26.5. The summed E-state index contributed by atoms with van der Waals surface area (Å²) in [5.41, 5.74) is 4.59. The van der Waals surface area contributed by atoms with Crippen molar-refractivity contribution in [3.05, 3.63) is 88.7 Å². The van der Waals surface area contributed by atoms with Crippen molar-refractivity contribution in [3.8, 4) is 0 Å². The number of hydrogen-bond donors (Lipinski definition) is 0. The highest BCUT2D eigenvalue weighted by Crippen LogP contribution is 2.30. The second-order valence-corrected chi connectivity index (χ2v) is 10.9. The molecular formula is C30H40F2N4. The smallest absolute Gasteiger partial charge is 0.123 e. The first-order valence-electron chi connectivity index (χ1n) is 13.3. The maximum absolute atomic E-state index is 13.6. The largest absolute Gasteiger partial charge is 0.301 e. The van der Waals surface area contributed by atoms with E-state index in [1.54, 1.807) is 0 Å². The Morgan fingerprint density at radius 2 is 1.39 bits per heavy atom. The van der Waals surface area contributed by atoms with Gasteiger partial charge >= 0.3 is 0 Å². The Morgan fingerprint density at radius 1 is 0.833 bits per heavy atom. The fourth-order valence-corrected chi connectivity index (χ4v) is 5.25. The van der Waals surface area contributed by atoms with Crippen molar-refractivity contribution >= 4 is 0 Å². The van der Waals surface area contributed by atoms with Crippen LogP contribution in [0.25, 0.3) is 0 Å². The van der Waals surface area contributed by atoms with E-state index in [1.165, 1.54) is 35.7 Å². The molecule has 0 spiro atoms. The summed E-state index contributed by atoms with van der Waals surface area (Å²) in [6, 6.07) is 15.7. The fourth-order valence-electron chi connectivity index (χ4n) is 5.25. The monoisotopic (exact) mass is 494 g/mol. The van der Waals surface area contributed by atoms with Crippen LogP contribution in [0.3, 0.4) is 0 Å². The van der Waals surface area contributed by atoms with Crippen molar-refractivity contribution in [3.63, 3.8) is 0 Å². The third kappa shape index (κ3) is 6.60. The van der Waals surface area contributed by atoms with Crippen LogP contribution in [-0.2, 0) is 18.4 Å². The van der Waals surface area contributed by atoms with Gasteiger partial charge in [0.2, 0.25) is 0 Å². The molecule has 0 bridgehead atoms. The van der Waals surface area contributed by atoms with Gasteiger partial charge in [-0.05, 0) is 88.0 Å². The zero-order valence-corrected chi connectivity index (χ0v) is 22.2. The number of benzene rings is 2. The van der Waals surface area contributed by atoms with Crippen LogP contribution in [0.1, 0.15) is 69.1 Å². The van der Waals surface area contributed by atoms with Gasteiger partial charge < -0.3 is 4.90 Å². The van der Waals surface area contributed by atoms with Gasteiger partial charge in [-0.3, -0.25) is 9.58 Å². The van der Waals surface area contributed by atoms with Crippen LogP contribution in [0.2, 0.25) is 0 Å². The Labute approximate surface area is 214 Å². The predicted octanol–water partition coefficient (Wildman–Crippen LogP) is 6.21. The highest BCUT2D eigenvalue weighted by molar-refractivity contribution is 5.32. The minimum atomic E-state index is -0.240. The van der Waals surface area contributed by atoms with Gasteiger partial charge in [0.1, 0.15) is 11.6 Å². The molecule has 4 rings (SSSR count). The highest BCUT2D eigenvalue weighted by Gasteiger charge is 2.27. The van der Waals surface area contributed by atoms with E-state index < -0.39 is 0 Å². The van der Waals surface area contributed by atoms with Crippen molar-refractivity contribution in [1.29, 1.82) is 0 Å². The van der Waals surface area contributed by atoms with Crippen LogP contribution < -0.4 is 0 Å². The van der Waals surface area contributed by atoms with Crippen LogP contribution in [0.5, 0.6) is 0 Å². The lowest BCUT2D eigenvalue weighted by atomic mass is 9.96. The molecule has 36 heavy (non-hydrogen) atoms. The summed E-state index contributed by atoms with van der Waals surface area (Å²) in [7, 11) is 0. The van der Waals surface area contributed by atoms with Crippen LogP contribution >= 0.6 is 0 Å². The Morgan fingerprint density at radius 3 is 1.89 bits per heavy atom. The topological polar surface area (TPSA) is 24.3 Å². The first-order chi connectivity index (χ1) is 17.2.